The van der Waals surface area contributed by atoms with Crippen molar-refractivity contribution in [2.45, 2.75) is 33.1 Å². The van der Waals surface area contributed by atoms with Crippen LogP contribution in [0, 0.1) is 25.2 Å². The fraction of sp³-hybridized carbons (Fsp3) is 0.296. The molecule has 38 heavy (non-hydrogen) atoms. The van der Waals surface area contributed by atoms with E-state index in [1.54, 1.807) is 25.3 Å². The molecule has 0 saturated heterocycles. The van der Waals surface area contributed by atoms with Crippen molar-refractivity contribution in [3.05, 3.63) is 65.5 Å². The van der Waals surface area contributed by atoms with E-state index in [4.69, 9.17) is 14.7 Å². The lowest BCUT2D eigenvalue weighted by molar-refractivity contribution is -0.286. The van der Waals surface area contributed by atoms with E-state index in [1.807, 2.05) is 38.1 Å². The number of anilines is 1. The minimum absolute atomic E-state index is 0.0393. The number of benzene rings is 2. The minimum Gasteiger partial charge on any atom is -0.467 e. The Morgan fingerprint density at radius 3 is 2.34 bits per heavy atom. The largest absolute Gasteiger partial charge is 0.586 e. The number of hydrogen-bond donors (Lipinski definition) is 1. The number of nitrogens with one attached hydrogen (secondary N) is 1. The van der Waals surface area contributed by atoms with Crippen molar-refractivity contribution in [2.24, 2.45) is 0 Å². The number of amides is 1. The summed E-state index contributed by atoms with van der Waals surface area (Å²) in [6.07, 6.45) is -0.627. The van der Waals surface area contributed by atoms with E-state index in [2.05, 4.69) is 14.5 Å². The molecule has 0 spiro atoms. The van der Waals surface area contributed by atoms with Crippen LogP contribution in [0.2, 0.25) is 0 Å². The van der Waals surface area contributed by atoms with Crippen LogP contribution in [0.3, 0.4) is 0 Å². The molecule has 200 valence electrons. The van der Waals surface area contributed by atoms with Crippen molar-refractivity contribution in [2.75, 3.05) is 25.7 Å². The molecule has 4 rings (SSSR count). The molecule has 0 saturated carbocycles. The molecule has 1 aromatic heterocycles. The second-order valence-electron chi connectivity index (χ2n) is 8.33. The van der Waals surface area contributed by atoms with Gasteiger partial charge in [-0.25, -0.2) is 4.79 Å². The summed E-state index contributed by atoms with van der Waals surface area (Å²) in [5, 5.41) is 8.93. The number of fused-ring (bicyclic) bond motifs is 1. The van der Waals surface area contributed by atoms with Gasteiger partial charge in [-0.05, 0) is 38.0 Å². The smallest absolute Gasteiger partial charge is 0.467 e. The molecule has 0 aliphatic carbocycles. The van der Waals surface area contributed by atoms with E-state index in [0.29, 0.717) is 16.7 Å². The molecule has 1 unspecified atom stereocenters. The average Bonchev–Trinajstić information content (AvgIpc) is 3.48. The van der Waals surface area contributed by atoms with Crippen molar-refractivity contribution < 1.29 is 37.3 Å². The van der Waals surface area contributed by atoms with Crippen LogP contribution in [0.25, 0.3) is 11.1 Å². The van der Waals surface area contributed by atoms with Crippen molar-refractivity contribution in [1.29, 1.82) is 5.26 Å². The molecule has 3 aromatic rings. The molecule has 0 bridgehead atoms. The Morgan fingerprint density at radius 1 is 1.08 bits per heavy atom. The predicted octanol–water partition coefficient (Wildman–Crippen LogP) is 4.72. The van der Waals surface area contributed by atoms with Crippen molar-refractivity contribution in [3.63, 3.8) is 0 Å². The lowest BCUT2D eigenvalue weighted by Crippen LogP contribution is -2.46. The average molecular weight is 528 g/mol. The fourth-order valence-electron chi connectivity index (χ4n) is 4.05. The molecular formula is C27H27F2N3O6. The Balaban J connectivity index is 0.000000211. The van der Waals surface area contributed by atoms with E-state index in [9.17, 15) is 18.4 Å². The SMILES string of the molecule is COCC(=O)N(c1c(C)cccc1C)C(C)C(=O)OC.N#Cc1c[nH]cc1-c1cccc2c1OC(F)(F)O2. The molecular weight excluding hydrogens is 500 g/mol. The van der Waals surface area contributed by atoms with Gasteiger partial charge < -0.3 is 23.9 Å². The van der Waals surface area contributed by atoms with Gasteiger partial charge in [-0.3, -0.25) is 9.69 Å². The van der Waals surface area contributed by atoms with Crippen LogP contribution in [0.4, 0.5) is 14.5 Å². The standard InChI is InChI=1S/C15H21NO4.C12H6F2N2O2/c1-10-7-6-8-11(2)14(10)16(13(17)9-19-4)12(3)15(18)20-5;13-12(14)17-10-3-1-2-8(11(10)18-12)9-6-16-5-7(9)4-15/h6-8,12H,9H2,1-5H3;1-3,5-6,16H. The van der Waals surface area contributed by atoms with Gasteiger partial charge in [-0.1, -0.05) is 30.3 Å². The van der Waals surface area contributed by atoms with Gasteiger partial charge >= 0.3 is 12.3 Å². The van der Waals surface area contributed by atoms with Crippen LogP contribution in [0.5, 0.6) is 11.5 Å². The third-order valence-electron chi connectivity index (χ3n) is 5.73. The number of hydrogen-bond acceptors (Lipinski definition) is 7. The summed E-state index contributed by atoms with van der Waals surface area (Å²) < 4.78 is 44.5. The van der Waals surface area contributed by atoms with Crippen LogP contribution in [-0.2, 0) is 19.1 Å². The Bertz CT molecular complexity index is 1340. The lowest BCUT2D eigenvalue weighted by atomic mass is 10.0. The first-order valence-corrected chi connectivity index (χ1v) is 11.5. The van der Waals surface area contributed by atoms with Gasteiger partial charge in [0.25, 0.3) is 5.91 Å². The molecule has 2 aromatic carbocycles. The van der Waals surface area contributed by atoms with Gasteiger partial charge in [0.1, 0.15) is 18.7 Å². The minimum atomic E-state index is -3.67. The van der Waals surface area contributed by atoms with Gasteiger partial charge in [-0.15, -0.1) is 8.78 Å². The Hall–Kier alpha value is -4.43. The van der Waals surface area contributed by atoms with E-state index >= 15 is 0 Å². The number of halogens is 2. The Labute approximate surface area is 218 Å². The number of rotatable bonds is 6. The van der Waals surface area contributed by atoms with Crippen LogP contribution >= 0.6 is 0 Å². The predicted molar refractivity (Wildman–Crippen MR) is 134 cm³/mol. The van der Waals surface area contributed by atoms with Crippen LogP contribution < -0.4 is 14.4 Å². The number of H-pyrrole nitrogens is 1. The highest BCUT2D eigenvalue weighted by Crippen LogP contribution is 2.47. The second-order valence-corrected chi connectivity index (χ2v) is 8.33. The zero-order chi connectivity index (χ0) is 28.0. The number of aryl methyl sites for hydroxylation is 2. The first kappa shape index (κ1) is 28.1. The monoisotopic (exact) mass is 527 g/mol. The number of esters is 1. The van der Waals surface area contributed by atoms with Crippen molar-refractivity contribution in [3.8, 4) is 28.7 Å². The highest BCUT2D eigenvalue weighted by molar-refractivity contribution is 6.01. The van der Waals surface area contributed by atoms with Gasteiger partial charge in [0.2, 0.25) is 0 Å². The maximum atomic E-state index is 13.0. The molecule has 1 N–H and O–H groups in total. The number of aromatic amines is 1. The summed E-state index contributed by atoms with van der Waals surface area (Å²) in [6.45, 7) is 5.36. The number of ether oxygens (including phenoxy) is 4. The van der Waals surface area contributed by atoms with Crippen LogP contribution in [0.15, 0.2) is 48.8 Å². The number of para-hydroxylation sites is 2. The van der Waals surface area contributed by atoms with Gasteiger partial charge in [0.05, 0.1) is 18.4 Å². The molecule has 1 amide bonds. The molecule has 1 aliphatic rings. The summed E-state index contributed by atoms with van der Waals surface area (Å²) in [7, 11) is 2.76. The van der Waals surface area contributed by atoms with E-state index in [0.717, 1.165) is 16.8 Å². The first-order valence-electron chi connectivity index (χ1n) is 11.5. The number of aromatic nitrogens is 1. The summed E-state index contributed by atoms with van der Waals surface area (Å²) in [6, 6.07) is 11.5. The highest BCUT2D eigenvalue weighted by Gasteiger charge is 2.44. The van der Waals surface area contributed by atoms with Gasteiger partial charge in [0, 0.05) is 30.6 Å². The van der Waals surface area contributed by atoms with Crippen LogP contribution in [0.1, 0.15) is 23.6 Å². The number of alkyl halides is 2. The Morgan fingerprint density at radius 2 is 1.74 bits per heavy atom. The number of carbonyl (C=O) groups excluding carboxylic acids is 2. The van der Waals surface area contributed by atoms with E-state index in [1.165, 1.54) is 31.4 Å². The number of methoxy groups -OCH3 is 2. The quantitative estimate of drug-likeness (QED) is 0.462. The second kappa shape index (κ2) is 11.7. The molecule has 9 nitrogen and oxygen atoms in total. The summed E-state index contributed by atoms with van der Waals surface area (Å²) in [5.74, 6) is -0.832. The normalized spacial score (nSPS) is 13.5. The number of carbonyl (C=O) groups is 2. The summed E-state index contributed by atoms with van der Waals surface area (Å²) in [4.78, 5) is 28.3. The maximum absolute atomic E-state index is 13.0. The zero-order valence-electron chi connectivity index (χ0n) is 21.5. The van der Waals surface area contributed by atoms with Crippen molar-refractivity contribution in [1.82, 2.24) is 4.98 Å². The van der Waals surface area contributed by atoms with Crippen molar-refractivity contribution >= 4 is 17.6 Å². The molecule has 1 aliphatic heterocycles. The third kappa shape index (κ3) is 5.92. The summed E-state index contributed by atoms with van der Waals surface area (Å²) in [5.41, 5.74) is 3.81. The highest BCUT2D eigenvalue weighted by atomic mass is 19.3. The van der Waals surface area contributed by atoms with E-state index in [-0.39, 0.29) is 24.0 Å². The molecule has 0 radical (unpaired) electrons. The van der Waals surface area contributed by atoms with Gasteiger partial charge in [-0.2, -0.15) is 5.26 Å². The zero-order valence-corrected chi connectivity index (χ0v) is 21.5. The third-order valence-corrected chi connectivity index (χ3v) is 5.73. The summed E-state index contributed by atoms with van der Waals surface area (Å²) >= 11 is 0. The van der Waals surface area contributed by atoms with Gasteiger partial charge in [0.15, 0.2) is 11.5 Å². The van der Waals surface area contributed by atoms with Crippen LogP contribution in [-0.4, -0.2) is 50.0 Å². The first-order chi connectivity index (χ1) is 18.0. The molecule has 11 heteroatoms. The number of nitrogens with zero attached hydrogens (tertiary/aromatic N) is 2. The Kier molecular flexibility index (Phi) is 8.70. The molecule has 0 fully saturated rings. The fourth-order valence-corrected chi connectivity index (χ4v) is 4.05. The van der Waals surface area contributed by atoms with E-state index < -0.39 is 18.3 Å². The maximum Gasteiger partial charge on any atom is 0.586 e. The number of nitriles is 1. The lowest BCUT2D eigenvalue weighted by Gasteiger charge is -2.30. The molecule has 2 heterocycles. The topological polar surface area (TPSA) is 114 Å². The molecule has 1 atom stereocenters.